The van der Waals surface area contributed by atoms with Crippen LogP contribution in [0.5, 0.6) is 0 Å². The highest BCUT2D eigenvalue weighted by Gasteiger charge is 2.30. The predicted molar refractivity (Wildman–Crippen MR) is 65.2 cm³/mol. The van der Waals surface area contributed by atoms with Crippen LogP contribution in [0.3, 0.4) is 0 Å². The minimum Gasteiger partial charge on any atom is -0.359 e. The van der Waals surface area contributed by atoms with E-state index in [2.05, 4.69) is 29.6 Å². The number of hydrogen-bond acceptors (Lipinski definition) is 1. The Balaban J connectivity index is 2.20. The molecule has 1 N–H and O–H groups in total. The van der Waals surface area contributed by atoms with Crippen molar-refractivity contribution in [2.45, 2.75) is 31.6 Å². The molecule has 1 amide bonds. The van der Waals surface area contributed by atoms with Crippen molar-refractivity contribution < 1.29 is 4.79 Å². The molecule has 0 spiro atoms. The molecule has 1 aromatic rings. The first-order valence-electron chi connectivity index (χ1n) is 6.09. The van der Waals surface area contributed by atoms with Gasteiger partial charge in [0, 0.05) is 13.0 Å². The van der Waals surface area contributed by atoms with Gasteiger partial charge in [-0.05, 0) is 24.3 Å². The molecule has 0 radical (unpaired) electrons. The Morgan fingerprint density at radius 1 is 1.19 bits per heavy atom. The highest BCUT2D eigenvalue weighted by molar-refractivity contribution is 5.79. The van der Waals surface area contributed by atoms with Gasteiger partial charge in [-0.3, -0.25) is 4.79 Å². The van der Waals surface area contributed by atoms with Gasteiger partial charge in [0.1, 0.15) is 0 Å². The van der Waals surface area contributed by atoms with Crippen molar-refractivity contribution in [3.05, 3.63) is 35.9 Å². The van der Waals surface area contributed by atoms with E-state index in [1.807, 2.05) is 6.07 Å². The van der Waals surface area contributed by atoms with E-state index in [4.69, 9.17) is 0 Å². The molecule has 2 heteroatoms. The summed E-state index contributed by atoms with van der Waals surface area (Å²) in [5, 5.41) is 2.80. The monoisotopic (exact) mass is 217 g/mol. The highest BCUT2D eigenvalue weighted by atomic mass is 16.1. The van der Waals surface area contributed by atoms with Crippen LogP contribution in [0.25, 0.3) is 0 Å². The van der Waals surface area contributed by atoms with Gasteiger partial charge in [-0.2, -0.15) is 0 Å². The van der Waals surface area contributed by atoms with Crippen molar-refractivity contribution in [2.24, 2.45) is 5.92 Å². The molecule has 0 saturated heterocycles. The SMILES string of the molecule is CNC(=O)C1CCCCC1c1ccccc1. The van der Waals surface area contributed by atoms with Crippen molar-refractivity contribution in [3.63, 3.8) is 0 Å². The summed E-state index contributed by atoms with van der Waals surface area (Å²) in [6.07, 6.45) is 4.59. The first-order valence-corrected chi connectivity index (χ1v) is 6.09. The molecule has 1 aliphatic rings. The number of nitrogens with one attached hydrogen (secondary N) is 1. The zero-order valence-electron chi connectivity index (χ0n) is 9.78. The van der Waals surface area contributed by atoms with Gasteiger partial charge in [-0.15, -0.1) is 0 Å². The van der Waals surface area contributed by atoms with Crippen molar-refractivity contribution in [1.82, 2.24) is 5.32 Å². The van der Waals surface area contributed by atoms with Crippen LogP contribution in [-0.2, 0) is 4.79 Å². The second-order valence-corrected chi connectivity index (χ2v) is 4.52. The second kappa shape index (κ2) is 5.15. The van der Waals surface area contributed by atoms with Gasteiger partial charge in [-0.1, -0.05) is 43.2 Å². The van der Waals surface area contributed by atoms with Gasteiger partial charge >= 0.3 is 0 Å². The average Bonchev–Trinajstić information content (AvgIpc) is 2.39. The van der Waals surface area contributed by atoms with E-state index >= 15 is 0 Å². The Bertz CT molecular complexity index is 347. The lowest BCUT2D eigenvalue weighted by Crippen LogP contribution is -2.33. The molecule has 16 heavy (non-hydrogen) atoms. The Morgan fingerprint density at radius 2 is 1.88 bits per heavy atom. The quantitative estimate of drug-likeness (QED) is 0.810. The molecule has 1 fully saturated rings. The molecule has 2 atom stereocenters. The third-order valence-corrected chi connectivity index (χ3v) is 3.58. The Morgan fingerprint density at radius 3 is 2.56 bits per heavy atom. The minimum absolute atomic E-state index is 0.168. The normalized spacial score (nSPS) is 25.1. The van der Waals surface area contributed by atoms with Crippen LogP contribution in [0.2, 0.25) is 0 Å². The van der Waals surface area contributed by atoms with E-state index in [-0.39, 0.29) is 11.8 Å². The minimum atomic E-state index is 0.168. The fourth-order valence-electron chi connectivity index (χ4n) is 2.73. The standard InChI is InChI=1S/C14H19NO/c1-15-14(16)13-10-6-5-9-12(13)11-7-3-2-4-8-11/h2-4,7-8,12-13H,5-6,9-10H2,1H3,(H,15,16). The second-order valence-electron chi connectivity index (χ2n) is 4.52. The third-order valence-electron chi connectivity index (χ3n) is 3.58. The highest BCUT2D eigenvalue weighted by Crippen LogP contribution is 2.37. The molecule has 0 aliphatic heterocycles. The summed E-state index contributed by atoms with van der Waals surface area (Å²) in [6, 6.07) is 10.4. The van der Waals surface area contributed by atoms with Crippen molar-refractivity contribution in [1.29, 1.82) is 0 Å². The molecule has 86 valence electrons. The van der Waals surface area contributed by atoms with Gasteiger partial charge in [0.15, 0.2) is 0 Å². The molecular formula is C14H19NO. The molecule has 2 unspecified atom stereocenters. The number of rotatable bonds is 2. The summed E-state index contributed by atoms with van der Waals surface area (Å²) in [7, 11) is 1.74. The number of carbonyl (C=O) groups excluding carboxylic acids is 1. The lowest BCUT2D eigenvalue weighted by atomic mass is 9.75. The maximum Gasteiger partial charge on any atom is 0.223 e. The number of carbonyl (C=O) groups is 1. The van der Waals surface area contributed by atoms with E-state index in [1.54, 1.807) is 7.05 Å². The molecule has 0 heterocycles. The Labute approximate surface area is 97.1 Å². The van der Waals surface area contributed by atoms with Crippen LogP contribution in [0, 0.1) is 5.92 Å². The maximum atomic E-state index is 11.8. The fraction of sp³-hybridized carbons (Fsp3) is 0.500. The zero-order chi connectivity index (χ0) is 11.4. The van der Waals surface area contributed by atoms with Crippen molar-refractivity contribution in [2.75, 3.05) is 7.05 Å². The summed E-state index contributed by atoms with van der Waals surface area (Å²) >= 11 is 0. The van der Waals surface area contributed by atoms with Crippen LogP contribution >= 0.6 is 0 Å². The first-order chi connectivity index (χ1) is 7.83. The molecule has 1 aromatic carbocycles. The fourth-order valence-corrected chi connectivity index (χ4v) is 2.73. The summed E-state index contributed by atoms with van der Waals surface area (Å²) in [5.74, 6) is 0.782. The summed E-state index contributed by atoms with van der Waals surface area (Å²) in [4.78, 5) is 11.8. The van der Waals surface area contributed by atoms with E-state index in [1.165, 1.54) is 18.4 Å². The smallest absolute Gasteiger partial charge is 0.223 e. The topological polar surface area (TPSA) is 29.1 Å². The molecule has 0 bridgehead atoms. The van der Waals surface area contributed by atoms with Gasteiger partial charge in [0.25, 0.3) is 0 Å². The van der Waals surface area contributed by atoms with Crippen LogP contribution in [0.1, 0.15) is 37.2 Å². The van der Waals surface area contributed by atoms with Gasteiger partial charge < -0.3 is 5.32 Å². The molecular weight excluding hydrogens is 198 g/mol. The molecule has 1 saturated carbocycles. The molecule has 1 aliphatic carbocycles. The lowest BCUT2D eigenvalue weighted by Gasteiger charge is -2.30. The summed E-state index contributed by atoms with van der Waals surface area (Å²) in [6.45, 7) is 0. The van der Waals surface area contributed by atoms with E-state index in [0.717, 1.165) is 12.8 Å². The van der Waals surface area contributed by atoms with Crippen LogP contribution in [-0.4, -0.2) is 13.0 Å². The van der Waals surface area contributed by atoms with Gasteiger partial charge in [0.05, 0.1) is 0 Å². The number of benzene rings is 1. The first kappa shape index (κ1) is 11.2. The maximum absolute atomic E-state index is 11.8. The third kappa shape index (κ3) is 2.26. The number of hydrogen-bond donors (Lipinski definition) is 1. The van der Waals surface area contributed by atoms with Crippen LogP contribution in [0.4, 0.5) is 0 Å². The van der Waals surface area contributed by atoms with E-state index in [0.29, 0.717) is 5.92 Å². The number of amides is 1. The van der Waals surface area contributed by atoms with Crippen molar-refractivity contribution in [3.8, 4) is 0 Å². The Kier molecular flexibility index (Phi) is 3.60. The largest absolute Gasteiger partial charge is 0.359 e. The average molecular weight is 217 g/mol. The molecule has 2 rings (SSSR count). The predicted octanol–water partition coefficient (Wildman–Crippen LogP) is 2.71. The van der Waals surface area contributed by atoms with E-state index in [9.17, 15) is 4.79 Å². The summed E-state index contributed by atoms with van der Waals surface area (Å²) in [5.41, 5.74) is 1.32. The lowest BCUT2D eigenvalue weighted by molar-refractivity contribution is -0.126. The van der Waals surface area contributed by atoms with Gasteiger partial charge in [-0.25, -0.2) is 0 Å². The van der Waals surface area contributed by atoms with E-state index < -0.39 is 0 Å². The van der Waals surface area contributed by atoms with Crippen LogP contribution in [0.15, 0.2) is 30.3 Å². The zero-order valence-corrected chi connectivity index (χ0v) is 9.78. The van der Waals surface area contributed by atoms with Crippen LogP contribution < -0.4 is 5.32 Å². The molecule has 0 aromatic heterocycles. The van der Waals surface area contributed by atoms with Crippen molar-refractivity contribution >= 4 is 5.91 Å². The molecule has 2 nitrogen and oxygen atoms in total. The summed E-state index contributed by atoms with van der Waals surface area (Å²) < 4.78 is 0. The van der Waals surface area contributed by atoms with Gasteiger partial charge in [0.2, 0.25) is 5.91 Å². The Hall–Kier alpha value is -1.31.